The van der Waals surface area contributed by atoms with E-state index in [-0.39, 0.29) is 0 Å². The van der Waals surface area contributed by atoms with Gasteiger partial charge in [-0.05, 0) is 36.8 Å². The SMILES string of the molecule is Cc1ccc2c(c1)nc(CCl)n2-c1ccccc1. The molecule has 0 radical (unpaired) electrons. The van der Waals surface area contributed by atoms with Crippen LogP contribution < -0.4 is 0 Å². The van der Waals surface area contributed by atoms with E-state index in [0.29, 0.717) is 5.88 Å². The van der Waals surface area contributed by atoms with Gasteiger partial charge in [0.1, 0.15) is 5.82 Å². The normalized spacial score (nSPS) is 11.0. The van der Waals surface area contributed by atoms with Gasteiger partial charge in [-0.15, -0.1) is 11.6 Å². The van der Waals surface area contributed by atoms with Crippen LogP contribution in [0, 0.1) is 6.92 Å². The molecule has 1 heterocycles. The van der Waals surface area contributed by atoms with Crippen LogP contribution in [0.2, 0.25) is 0 Å². The minimum Gasteiger partial charge on any atom is -0.295 e. The van der Waals surface area contributed by atoms with Crippen LogP contribution in [-0.4, -0.2) is 9.55 Å². The van der Waals surface area contributed by atoms with Gasteiger partial charge in [-0.3, -0.25) is 4.57 Å². The zero-order valence-electron chi connectivity index (χ0n) is 10.1. The molecular weight excluding hydrogens is 244 g/mol. The molecule has 2 nitrogen and oxygen atoms in total. The minimum absolute atomic E-state index is 0.405. The average molecular weight is 257 g/mol. The van der Waals surface area contributed by atoms with Crippen molar-refractivity contribution in [1.29, 1.82) is 0 Å². The molecule has 0 spiro atoms. The number of alkyl halides is 1. The van der Waals surface area contributed by atoms with Crippen LogP contribution >= 0.6 is 11.6 Å². The fourth-order valence-electron chi connectivity index (χ4n) is 2.19. The van der Waals surface area contributed by atoms with Gasteiger partial charge in [0.2, 0.25) is 0 Å². The van der Waals surface area contributed by atoms with E-state index < -0.39 is 0 Å². The Balaban J connectivity index is 2.33. The van der Waals surface area contributed by atoms with E-state index >= 15 is 0 Å². The molecule has 3 aromatic rings. The maximum absolute atomic E-state index is 6.01. The summed E-state index contributed by atoms with van der Waals surface area (Å²) in [7, 11) is 0. The Morgan fingerprint density at radius 1 is 1.11 bits per heavy atom. The number of para-hydroxylation sites is 1. The molecule has 0 saturated heterocycles. The maximum atomic E-state index is 6.01. The van der Waals surface area contributed by atoms with Crippen LogP contribution in [-0.2, 0) is 5.88 Å². The Bertz CT molecular complexity index is 686. The van der Waals surface area contributed by atoms with Gasteiger partial charge in [0.25, 0.3) is 0 Å². The van der Waals surface area contributed by atoms with Crippen LogP contribution in [0.1, 0.15) is 11.4 Å². The second kappa shape index (κ2) is 4.46. The van der Waals surface area contributed by atoms with Gasteiger partial charge in [-0.1, -0.05) is 24.3 Å². The molecule has 0 aliphatic heterocycles. The van der Waals surface area contributed by atoms with E-state index in [0.717, 1.165) is 22.5 Å². The van der Waals surface area contributed by atoms with Crippen LogP contribution in [0.3, 0.4) is 0 Å². The summed E-state index contributed by atoms with van der Waals surface area (Å²) in [6.45, 7) is 2.07. The van der Waals surface area contributed by atoms with Crippen LogP contribution in [0.15, 0.2) is 48.5 Å². The van der Waals surface area contributed by atoms with Crippen molar-refractivity contribution in [3.05, 3.63) is 59.9 Å². The molecule has 0 atom stereocenters. The molecule has 2 aromatic carbocycles. The Morgan fingerprint density at radius 3 is 2.61 bits per heavy atom. The summed E-state index contributed by atoms with van der Waals surface area (Å²) in [5.74, 6) is 1.28. The third-order valence-electron chi connectivity index (χ3n) is 3.01. The van der Waals surface area contributed by atoms with Gasteiger partial charge in [-0.25, -0.2) is 4.98 Å². The highest BCUT2D eigenvalue weighted by atomic mass is 35.5. The third-order valence-corrected chi connectivity index (χ3v) is 3.25. The number of aromatic nitrogens is 2. The number of rotatable bonds is 2. The second-order valence-corrected chi connectivity index (χ2v) is 4.59. The smallest absolute Gasteiger partial charge is 0.129 e. The Morgan fingerprint density at radius 2 is 1.89 bits per heavy atom. The van der Waals surface area contributed by atoms with Crippen molar-refractivity contribution in [2.75, 3.05) is 0 Å². The molecule has 0 saturated carbocycles. The molecule has 0 fully saturated rings. The summed E-state index contributed by atoms with van der Waals surface area (Å²) in [5.41, 5.74) is 4.40. The summed E-state index contributed by atoms with van der Waals surface area (Å²) in [5, 5.41) is 0. The first-order valence-corrected chi connectivity index (χ1v) is 6.42. The average Bonchev–Trinajstić information content (AvgIpc) is 2.77. The highest BCUT2D eigenvalue weighted by Gasteiger charge is 2.11. The number of imidazole rings is 1. The molecular formula is C15H13ClN2. The van der Waals surface area contributed by atoms with Gasteiger partial charge in [0, 0.05) is 5.69 Å². The number of benzene rings is 2. The summed E-state index contributed by atoms with van der Waals surface area (Å²) in [6.07, 6.45) is 0. The quantitative estimate of drug-likeness (QED) is 0.632. The Kier molecular flexibility index (Phi) is 2.80. The molecule has 0 aliphatic carbocycles. The minimum atomic E-state index is 0.405. The molecule has 1 aromatic heterocycles. The lowest BCUT2D eigenvalue weighted by Gasteiger charge is -2.07. The molecule has 90 valence electrons. The van der Waals surface area contributed by atoms with Gasteiger partial charge in [0.05, 0.1) is 16.9 Å². The predicted octanol–water partition coefficient (Wildman–Crippen LogP) is 4.07. The number of hydrogen-bond donors (Lipinski definition) is 0. The second-order valence-electron chi connectivity index (χ2n) is 4.32. The van der Waals surface area contributed by atoms with Crippen LogP contribution in [0.4, 0.5) is 0 Å². The molecule has 0 amide bonds. The topological polar surface area (TPSA) is 17.8 Å². The van der Waals surface area contributed by atoms with Gasteiger partial charge >= 0.3 is 0 Å². The van der Waals surface area contributed by atoms with E-state index in [1.54, 1.807) is 0 Å². The first-order chi connectivity index (χ1) is 8.79. The van der Waals surface area contributed by atoms with E-state index in [1.165, 1.54) is 5.56 Å². The number of fused-ring (bicyclic) bond motifs is 1. The first-order valence-electron chi connectivity index (χ1n) is 5.89. The van der Waals surface area contributed by atoms with Crippen molar-refractivity contribution in [2.24, 2.45) is 0 Å². The predicted molar refractivity (Wildman–Crippen MR) is 75.4 cm³/mol. The van der Waals surface area contributed by atoms with Crippen molar-refractivity contribution >= 4 is 22.6 Å². The van der Waals surface area contributed by atoms with Crippen molar-refractivity contribution in [3.63, 3.8) is 0 Å². The molecule has 0 unspecified atom stereocenters. The lowest BCUT2D eigenvalue weighted by molar-refractivity contribution is 0.982. The zero-order valence-corrected chi connectivity index (χ0v) is 10.9. The number of halogens is 1. The van der Waals surface area contributed by atoms with Crippen LogP contribution in [0.5, 0.6) is 0 Å². The monoisotopic (exact) mass is 256 g/mol. The fourth-order valence-corrected chi connectivity index (χ4v) is 2.37. The van der Waals surface area contributed by atoms with Crippen molar-refractivity contribution in [3.8, 4) is 5.69 Å². The van der Waals surface area contributed by atoms with Crippen molar-refractivity contribution < 1.29 is 0 Å². The Labute approximate surface area is 111 Å². The fraction of sp³-hybridized carbons (Fsp3) is 0.133. The standard InChI is InChI=1S/C15H13ClN2/c1-11-7-8-14-13(9-11)17-15(10-16)18(14)12-5-3-2-4-6-12/h2-9H,10H2,1H3. The van der Waals surface area contributed by atoms with Crippen LogP contribution in [0.25, 0.3) is 16.7 Å². The number of hydrogen-bond acceptors (Lipinski definition) is 1. The van der Waals surface area contributed by atoms with Gasteiger partial charge < -0.3 is 0 Å². The zero-order chi connectivity index (χ0) is 12.5. The van der Waals surface area contributed by atoms with Gasteiger partial charge in [-0.2, -0.15) is 0 Å². The molecule has 0 bridgehead atoms. The van der Waals surface area contributed by atoms with Crippen molar-refractivity contribution in [1.82, 2.24) is 9.55 Å². The van der Waals surface area contributed by atoms with E-state index in [2.05, 4.69) is 46.8 Å². The molecule has 3 heteroatoms. The van der Waals surface area contributed by atoms with Gasteiger partial charge in [0.15, 0.2) is 0 Å². The number of nitrogens with zero attached hydrogens (tertiary/aromatic N) is 2. The molecule has 3 rings (SSSR count). The summed E-state index contributed by atoms with van der Waals surface area (Å²) in [6, 6.07) is 16.5. The molecule has 0 aliphatic rings. The third kappa shape index (κ3) is 1.79. The van der Waals surface area contributed by atoms with E-state index in [4.69, 9.17) is 11.6 Å². The highest BCUT2D eigenvalue weighted by molar-refractivity contribution is 6.17. The Hall–Kier alpha value is -1.80. The first kappa shape index (κ1) is 11.3. The summed E-state index contributed by atoms with van der Waals surface area (Å²) < 4.78 is 2.11. The van der Waals surface area contributed by atoms with Crippen molar-refractivity contribution in [2.45, 2.75) is 12.8 Å². The number of aryl methyl sites for hydroxylation is 1. The molecule has 0 N–H and O–H groups in total. The lowest BCUT2D eigenvalue weighted by Crippen LogP contribution is -1.98. The lowest BCUT2D eigenvalue weighted by atomic mass is 10.2. The molecule has 18 heavy (non-hydrogen) atoms. The van der Waals surface area contributed by atoms with E-state index in [9.17, 15) is 0 Å². The highest BCUT2D eigenvalue weighted by Crippen LogP contribution is 2.23. The maximum Gasteiger partial charge on any atom is 0.129 e. The largest absolute Gasteiger partial charge is 0.295 e. The summed E-state index contributed by atoms with van der Waals surface area (Å²) in [4.78, 5) is 4.60. The summed E-state index contributed by atoms with van der Waals surface area (Å²) >= 11 is 6.01. The van der Waals surface area contributed by atoms with E-state index in [1.807, 2.05) is 18.2 Å².